The van der Waals surface area contributed by atoms with Crippen LogP contribution in [0.2, 0.25) is 0 Å². The number of fused-ring (bicyclic) bond motifs is 1. The average Bonchev–Trinajstić information content (AvgIpc) is 2.51. The Morgan fingerprint density at radius 1 is 1.00 bits per heavy atom. The van der Waals surface area contributed by atoms with Gasteiger partial charge in [-0.25, -0.2) is 4.98 Å². The Bertz CT molecular complexity index is 943. The number of nitrogens with zero attached hydrogens (tertiary/aromatic N) is 3. The first-order chi connectivity index (χ1) is 11.4. The van der Waals surface area contributed by atoms with Gasteiger partial charge in [0.1, 0.15) is 5.65 Å². The molecule has 0 saturated carbocycles. The van der Waals surface area contributed by atoms with Crippen molar-refractivity contribution in [3.63, 3.8) is 0 Å². The van der Waals surface area contributed by atoms with Gasteiger partial charge in [0.2, 0.25) is 0 Å². The predicted molar refractivity (Wildman–Crippen MR) is 97.3 cm³/mol. The topological polar surface area (TPSA) is 37.6 Å². The molecule has 2 heterocycles. The molecule has 0 bridgehead atoms. The number of rotatable bonds is 4. The maximum atomic E-state index is 12.3. The van der Waals surface area contributed by atoms with Crippen molar-refractivity contribution < 1.29 is 0 Å². The van der Waals surface area contributed by atoms with Crippen LogP contribution in [-0.2, 0) is 13.1 Å². The number of benzene rings is 1. The second kappa shape index (κ2) is 6.57. The highest BCUT2D eigenvalue weighted by Gasteiger charge is 2.08. The normalized spacial score (nSPS) is 11.4. The lowest BCUT2D eigenvalue weighted by Crippen LogP contribution is -2.22. The van der Waals surface area contributed by atoms with E-state index in [4.69, 9.17) is 0 Å². The van der Waals surface area contributed by atoms with Gasteiger partial charge in [-0.05, 0) is 50.6 Å². The highest BCUT2D eigenvalue weighted by molar-refractivity contribution is 5.40. The van der Waals surface area contributed by atoms with Crippen molar-refractivity contribution in [1.82, 2.24) is 14.3 Å². The third-order valence-electron chi connectivity index (χ3n) is 4.23. The van der Waals surface area contributed by atoms with Crippen LogP contribution >= 0.6 is 0 Å². The first-order valence-electron chi connectivity index (χ1n) is 8.16. The molecule has 0 unspecified atom stereocenters. The van der Waals surface area contributed by atoms with Crippen LogP contribution in [0.4, 0.5) is 0 Å². The van der Waals surface area contributed by atoms with Gasteiger partial charge in [-0.1, -0.05) is 29.8 Å². The Morgan fingerprint density at radius 2 is 1.75 bits per heavy atom. The molecule has 124 valence electrons. The van der Waals surface area contributed by atoms with E-state index in [1.165, 1.54) is 16.7 Å². The number of pyridine rings is 1. The van der Waals surface area contributed by atoms with Gasteiger partial charge >= 0.3 is 0 Å². The summed E-state index contributed by atoms with van der Waals surface area (Å²) in [5.41, 5.74) is 6.39. The lowest BCUT2D eigenvalue weighted by molar-refractivity contribution is 0.314. The molecule has 0 saturated heterocycles. The highest BCUT2D eigenvalue weighted by atomic mass is 16.1. The van der Waals surface area contributed by atoms with Crippen molar-refractivity contribution in [2.75, 3.05) is 7.05 Å². The summed E-state index contributed by atoms with van der Waals surface area (Å²) in [6.45, 7) is 7.69. The standard InChI is InChI=1S/C20H23N3O/c1-14-5-7-17(16(3)9-14)12-22(4)13-18-10-20(24)23-11-15(2)6-8-19(23)21-18/h5-11H,12-13H2,1-4H3. The summed E-state index contributed by atoms with van der Waals surface area (Å²) in [5.74, 6) is 0. The van der Waals surface area contributed by atoms with Crippen molar-refractivity contribution in [3.05, 3.63) is 80.9 Å². The maximum Gasteiger partial charge on any atom is 0.258 e. The van der Waals surface area contributed by atoms with Crippen LogP contribution in [0.3, 0.4) is 0 Å². The van der Waals surface area contributed by atoms with Crippen LogP contribution < -0.4 is 5.56 Å². The van der Waals surface area contributed by atoms with Crippen molar-refractivity contribution >= 4 is 5.65 Å². The molecule has 3 aromatic rings. The van der Waals surface area contributed by atoms with Crippen molar-refractivity contribution in [1.29, 1.82) is 0 Å². The molecule has 3 rings (SSSR count). The molecule has 0 N–H and O–H groups in total. The Morgan fingerprint density at radius 3 is 2.50 bits per heavy atom. The third kappa shape index (κ3) is 3.54. The van der Waals surface area contributed by atoms with Crippen LogP contribution in [0.15, 0.2) is 47.4 Å². The van der Waals surface area contributed by atoms with E-state index in [9.17, 15) is 4.79 Å². The summed E-state index contributed by atoms with van der Waals surface area (Å²) >= 11 is 0. The molecule has 24 heavy (non-hydrogen) atoms. The fourth-order valence-electron chi connectivity index (χ4n) is 2.99. The Hall–Kier alpha value is -2.46. The van der Waals surface area contributed by atoms with Crippen molar-refractivity contribution in [2.45, 2.75) is 33.9 Å². The Balaban J connectivity index is 1.81. The van der Waals surface area contributed by atoms with Gasteiger partial charge < -0.3 is 0 Å². The monoisotopic (exact) mass is 321 g/mol. The summed E-state index contributed by atoms with van der Waals surface area (Å²) in [5, 5.41) is 0. The molecule has 0 fully saturated rings. The van der Waals surface area contributed by atoms with E-state index in [-0.39, 0.29) is 5.56 Å². The summed E-state index contributed by atoms with van der Waals surface area (Å²) in [7, 11) is 2.05. The van der Waals surface area contributed by atoms with Crippen LogP contribution in [-0.4, -0.2) is 21.3 Å². The minimum Gasteiger partial charge on any atom is -0.296 e. The molecule has 4 nitrogen and oxygen atoms in total. The van der Waals surface area contributed by atoms with Crippen LogP contribution in [0.1, 0.15) is 27.9 Å². The molecule has 0 aliphatic heterocycles. The van der Waals surface area contributed by atoms with Crippen molar-refractivity contribution in [3.8, 4) is 0 Å². The van der Waals surface area contributed by atoms with Gasteiger partial charge in [0.15, 0.2) is 0 Å². The minimum absolute atomic E-state index is 0.0291. The second-order valence-electron chi connectivity index (χ2n) is 6.62. The van der Waals surface area contributed by atoms with Gasteiger partial charge in [-0.3, -0.25) is 14.1 Å². The molecule has 0 radical (unpaired) electrons. The maximum absolute atomic E-state index is 12.3. The summed E-state index contributed by atoms with van der Waals surface area (Å²) in [6, 6.07) is 12.0. The van der Waals surface area contributed by atoms with Gasteiger partial charge in [-0.2, -0.15) is 0 Å². The molecular formula is C20H23N3O. The van der Waals surface area contributed by atoms with E-state index in [0.29, 0.717) is 12.2 Å². The molecule has 0 amide bonds. The molecule has 0 aliphatic rings. The Kier molecular flexibility index (Phi) is 4.49. The zero-order valence-electron chi connectivity index (χ0n) is 14.7. The van der Waals surface area contributed by atoms with Crippen LogP contribution in [0.5, 0.6) is 0 Å². The van der Waals surface area contributed by atoms with Gasteiger partial charge in [0.25, 0.3) is 5.56 Å². The molecule has 4 heteroatoms. The van der Waals surface area contributed by atoms with E-state index in [1.807, 2.05) is 25.3 Å². The average molecular weight is 321 g/mol. The SMILES string of the molecule is Cc1ccc(CN(C)Cc2cc(=O)n3cc(C)ccc3n2)c(C)c1. The molecule has 0 aliphatic carbocycles. The first kappa shape index (κ1) is 16.4. The predicted octanol–water partition coefficient (Wildman–Crippen LogP) is 3.25. The van der Waals surface area contributed by atoms with Crippen LogP contribution in [0.25, 0.3) is 5.65 Å². The van der Waals surface area contributed by atoms with E-state index in [2.05, 4.69) is 49.0 Å². The minimum atomic E-state index is -0.0291. The lowest BCUT2D eigenvalue weighted by Gasteiger charge is -2.18. The van der Waals surface area contributed by atoms with Gasteiger partial charge in [-0.15, -0.1) is 0 Å². The summed E-state index contributed by atoms with van der Waals surface area (Å²) < 4.78 is 1.60. The van der Waals surface area contributed by atoms with Gasteiger partial charge in [0, 0.05) is 25.4 Å². The van der Waals surface area contributed by atoms with E-state index in [1.54, 1.807) is 10.5 Å². The van der Waals surface area contributed by atoms with Gasteiger partial charge in [0.05, 0.1) is 5.69 Å². The number of aryl methyl sites for hydroxylation is 3. The molecule has 2 aromatic heterocycles. The van der Waals surface area contributed by atoms with Crippen molar-refractivity contribution in [2.24, 2.45) is 0 Å². The highest BCUT2D eigenvalue weighted by Crippen LogP contribution is 2.13. The fourth-order valence-corrected chi connectivity index (χ4v) is 2.99. The summed E-state index contributed by atoms with van der Waals surface area (Å²) in [4.78, 5) is 19.1. The fraction of sp³-hybridized carbons (Fsp3) is 0.300. The second-order valence-corrected chi connectivity index (χ2v) is 6.62. The number of aromatic nitrogens is 2. The lowest BCUT2D eigenvalue weighted by atomic mass is 10.1. The Labute approximate surface area is 142 Å². The molecule has 0 atom stereocenters. The molecular weight excluding hydrogens is 298 g/mol. The van der Waals surface area contributed by atoms with Crippen LogP contribution in [0, 0.1) is 20.8 Å². The molecule has 1 aromatic carbocycles. The smallest absolute Gasteiger partial charge is 0.258 e. The number of hydrogen-bond donors (Lipinski definition) is 0. The van der Waals surface area contributed by atoms with E-state index >= 15 is 0 Å². The largest absolute Gasteiger partial charge is 0.296 e. The first-order valence-corrected chi connectivity index (χ1v) is 8.16. The number of hydrogen-bond acceptors (Lipinski definition) is 3. The zero-order chi connectivity index (χ0) is 17.3. The van der Waals surface area contributed by atoms with E-state index < -0.39 is 0 Å². The summed E-state index contributed by atoms with van der Waals surface area (Å²) in [6.07, 6.45) is 1.83. The zero-order valence-corrected chi connectivity index (χ0v) is 14.7. The third-order valence-corrected chi connectivity index (χ3v) is 4.23. The molecule has 0 spiro atoms. The van der Waals surface area contributed by atoms with E-state index in [0.717, 1.165) is 17.8 Å². The quantitative estimate of drug-likeness (QED) is 0.740.